The molecule has 136 valence electrons. The van der Waals surface area contributed by atoms with E-state index in [1.54, 1.807) is 19.0 Å². The number of carbonyl (C=O) groups is 1. The topological polar surface area (TPSA) is 149 Å². The summed E-state index contributed by atoms with van der Waals surface area (Å²) >= 11 is 0. The number of aliphatic hydroxyl groups excluding tert-OH is 2. The summed E-state index contributed by atoms with van der Waals surface area (Å²) < 4.78 is 12.4. The standard InChI is InChI=1S/C14H20N6O5/c1-19(2)3-8(22)25-11-7(4-21)24-14(10(11)23)20-6-18-9-12(15)16-5-17-13(9)20/h5-7,10-11,14,21,23H,3-4H2,1-2H3,(H2,15,16,17)/t7-,10+,11?,14-/m1/s1. The molecular weight excluding hydrogens is 332 g/mol. The number of nitrogens with zero attached hydrogens (tertiary/aromatic N) is 5. The van der Waals surface area contributed by atoms with Crippen molar-refractivity contribution in [1.82, 2.24) is 24.4 Å². The number of anilines is 1. The molecule has 2 aromatic heterocycles. The minimum Gasteiger partial charge on any atom is -0.456 e. The highest BCUT2D eigenvalue weighted by atomic mass is 16.6. The van der Waals surface area contributed by atoms with Gasteiger partial charge in [0.2, 0.25) is 0 Å². The van der Waals surface area contributed by atoms with Gasteiger partial charge in [-0.25, -0.2) is 15.0 Å². The minimum atomic E-state index is -1.21. The highest BCUT2D eigenvalue weighted by Gasteiger charge is 2.47. The van der Waals surface area contributed by atoms with Crippen molar-refractivity contribution in [3.8, 4) is 0 Å². The first kappa shape index (κ1) is 17.5. The van der Waals surface area contributed by atoms with Gasteiger partial charge in [-0.3, -0.25) is 14.3 Å². The Hall–Kier alpha value is -2.34. The van der Waals surface area contributed by atoms with Gasteiger partial charge in [0.05, 0.1) is 19.5 Å². The van der Waals surface area contributed by atoms with Crippen molar-refractivity contribution in [1.29, 1.82) is 0 Å². The van der Waals surface area contributed by atoms with Crippen LogP contribution in [0.5, 0.6) is 0 Å². The molecular formula is C14H20N6O5. The average molecular weight is 352 g/mol. The number of ether oxygens (including phenoxy) is 2. The van der Waals surface area contributed by atoms with Crippen LogP contribution < -0.4 is 5.73 Å². The van der Waals surface area contributed by atoms with E-state index in [1.165, 1.54) is 17.2 Å². The maximum absolute atomic E-state index is 11.9. The number of likely N-dealkylation sites (N-methyl/N-ethyl adjacent to an activating group) is 1. The molecule has 2 aromatic rings. The van der Waals surface area contributed by atoms with Gasteiger partial charge in [-0.15, -0.1) is 0 Å². The monoisotopic (exact) mass is 352 g/mol. The third kappa shape index (κ3) is 3.26. The number of fused-ring (bicyclic) bond motifs is 1. The molecule has 0 bridgehead atoms. The zero-order valence-electron chi connectivity index (χ0n) is 13.8. The molecule has 0 saturated carbocycles. The second kappa shape index (κ2) is 6.88. The van der Waals surface area contributed by atoms with Gasteiger partial charge in [0, 0.05) is 0 Å². The van der Waals surface area contributed by atoms with Crippen LogP contribution in [-0.2, 0) is 14.3 Å². The zero-order chi connectivity index (χ0) is 18.1. The lowest BCUT2D eigenvalue weighted by atomic mass is 10.1. The number of nitrogens with two attached hydrogens (primary N) is 1. The molecule has 11 heteroatoms. The summed E-state index contributed by atoms with van der Waals surface area (Å²) in [5.41, 5.74) is 6.49. The second-order valence-corrected chi connectivity index (χ2v) is 6.01. The summed E-state index contributed by atoms with van der Waals surface area (Å²) in [5.74, 6) is -0.331. The lowest BCUT2D eigenvalue weighted by Crippen LogP contribution is -2.39. The molecule has 0 amide bonds. The van der Waals surface area contributed by atoms with Gasteiger partial charge in [-0.2, -0.15) is 0 Å². The highest BCUT2D eigenvalue weighted by Crippen LogP contribution is 2.33. The Morgan fingerprint density at radius 1 is 1.44 bits per heavy atom. The van der Waals surface area contributed by atoms with Crippen LogP contribution >= 0.6 is 0 Å². The molecule has 1 aliphatic rings. The van der Waals surface area contributed by atoms with E-state index < -0.39 is 37.1 Å². The fourth-order valence-electron chi connectivity index (χ4n) is 2.75. The first-order chi connectivity index (χ1) is 11.9. The van der Waals surface area contributed by atoms with E-state index in [0.29, 0.717) is 11.2 Å². The van der Waals surface area contributed by atoms with E-state index in [9.17, 15) is 15.0 Å². The molecule has 1 aliphatic heterocycles. The van der Waals surface area contributed by atoms with Crippen molar-refractivity contribution < 1.29 is 24.5 Å². The van der Waals surface area contributed by atoms with Crippen LogP contribution in [-0.4, -0.2) is 86.2 Å². The Bertz CT molecular complexity index is 765. The smallest absolute Gasteiger partial charge is 0.320 e. The summed E-state index contributed by atoms with van der Waals surface area (Å²) in [5, 5.41) is 20.1. The number of hydrogen-bond donors (Lipinski definition) is 3. The summed E-state index contributed by atoms with van der Waals surface area (Å²) in [6.07, 6.45) is -1.36. The predicted molar refractivity (Wildman–Crippen MR) is 85.2 cm³/mol. The fraction of sp³-hybridized carbons (Fsp3) is 0.571. The molecule has 1 unspecified atom stereocenters. The Morgan fingerprint density at radius 2 is 2.20 bits per heavy atom. The van der Waals surface area contributed by atoms with E-state index >= 15 is 0 Å². The van der Waals surface area contributed by atoms with Crippen molar-refractivity contribution in [2.24, 2.45) is 0 Å². The normalized spacial score (nSPS) is 26.4. The second-order valence-electron chi connectivity index (χ2n) is 6.01. The molecule has 1 saturated heterocycles. The van der Waals surface area contributed by atoms with Crippen molar-refractivity contribution in [2.75, 3.05) is 33.0 Å². The number of rotatable bonds is 5. The van der Waals surface area contributed by atoms with Crippen LogP contribution in [0.4, 0.5) is 5.82 Å². The number of nitrogen functional groups attached to an aromatic ring is 1. The fourth-order valence-corrected chi connectivity index (χ4v) is 2.75. The third-order valence-corrected chi connectivity index (χ3v) is 3.86. The molecule has 0 spiro atoms. The molecule has 25 heavy (non-hydrogen) atoms. The van der Waals surface area contributed by atoms with Crippen molar-refractivity contribution in [2.45, 2.75) is 24.5 Å². The van der Waals surface area contributed by atoms with Gasteiger partial charge in [0.1, 0.15) is 24.1 Å². The summed E-state index contributed by atoms with van der Waals surface area (Å²) in [4.78, 5) is 25.6. The van der Waals surface area contributed by atoms with Crippen LogP contribution in [0.25, 0.3) is 11.2 Å². The number of esters is 1. The zero-order valence-corrected chi connectivity index (χ0v) is 13.8. The summed E-state index contributed by atoms with van der Waals surface area (Å²) in [6.45, 7) is -0.374. The van der Waals surface area contributed by atoms with E-state index in [1.807, 2.05) is 0 Å². The number of aromatic nitrogens is 4. The van der Waals surface area contributed by atoms with Crippen molar-refractivity contribution in [3.05, 3.63) is 12.7 Å². The maximum atomic E-state index is 11.9. The van der Waals surface area contributed by atoms with Crippen LogP contribution in [0.1, 0.15) is 6.23 Å². The van der Waals surface area contributed by atoms with Gasteiger partial charge in [-0.1, -0.05) is 0 Å². The number of hydrogen-bond acceptors (Lipinski definition) is 10. The molecule has 0 aromatic carbocycles. The Labute approximate surface area is 143 Å². The molecule has 0 radical (unpaired) electrons. The predicted octanol–water partition coefficient (Wildman–Crippen LogP) is -1.87. The lowest BCUT2D eigenvalue weighted by Gasteiger charge is -2.20. The molecule has 4 N–H and O–H groups in total. The molecule has 0 aliphatic carbocycles. The average Bonchev–Trinajstić information content (AvgIpc) is 3.10. The summed E-state index contributed by atoms with van der Waals surface area (Å²) in [7, 11) is 3.44. The number of carbonyl (C=O) groups excluding carboxylic acids is 1. The molecule has 4 atom stereocenters. The van der Waals surface area contributed by atoms with Crippen LogP contribution in [0, 0.1) is 0 Å². The quantitative estimate of drug-likeness (QED) is 0.522. The lowest BCUT2D eigenvalue weighted by molar-refractivity contribution is -0.157. The van der Waals surface area contributed by atoms with Crippen LogP contribution in [0.3, 0.4) is 0 Å². The number of aliphatic hydroxyl groups is 2. The van der Waals surface area contributed by atoms with E-state index in [0.717, 1.165) is 0 Å². The van der Waals surface area contributed by atoms with Crippen LogP contribution in [0.2, 0.25) is 0 Å². The highest BCUT2D eigenvalue weighted by molar-refractivity contribution is 5.81. The van der Waals surface area contributed by atoms with Crippen molar-refractivity contribution in [3.63, 3.8) is 0 Å². The maximum Gasteiger partial charge on any atom is 0.320 e. The Kier molecular flexibility index (Phi) is 4.81. The number of imidazole rings is 1. The summed E-state index contributed by atoms with van der Waals surface area (Å²) in [6, 6.07) is 0. The van der Waals surface area contributed by atoms with Gasteiger partial charge >= 0.3 is 5.97 Å². The molecule has 3 rings (SSSR count). The third-order valence-electron chi connectivity index (χ3n) is 3.86. The van der Waals surface area contributed by atoms with E-state index in [4.69, 9.17) is 15.2 Å². The first-order valence-electron chi connectivity index (χ1n) is 7.64. The molecule has 3 heterocycles. The first-order valence-corrected chi connectivity index (χ1v) is 7.64. The van der Waals surface area contributed by atoms with Gasteiger partial charge in [0.25, 0.3) is 0 Å². The SMILES string of the molecule is CN(C)CC(=O)OC1[C@@H](CO)O[C@@H](n2cnc3c(N)ncnc32)[C@H]1O. The van der Waals surface area contributed by atoms with Crippen molar-refractivity contribution >= 4 is 23.0 Å². The largest absolute Gasteiger partial charge is 0.456 e. The van der Waals surface area contributed by atoms with Gasteiger partial charge in [-0.05, 0) is 14.1 Å². The van der Waals surface area contributed by atoms with Gasteiger partial charge in [0.15, 0.2) is 23.8 Å². The van der Waals surface area contributed by atoms with Gasteiger partial charge < -0.3 is 25.4 Å². The van der Waals surface area contributed by atoms with Crippen LogP contribution in [0.15, 0.2) is 12.7 Å². The molecule has 11 nitrogen and oxygen atoms in total. The van der Waals surface area contributed by atoms with E-state index in [-0.39, 0.29) is 12.4 Å². The Balaban J connectivity index is 1.85. The van der Waals surface area contributed by atoms with E-state index in [2.05, 4.69) is 15.0 Å². The Morgan fingerprint density at radius 3 is 2.88 bits per heavy atom. The molecule has 1 fully saturated rings. The minimum absolute atomic E-state index is 0.0454.